The number of nitrogens with zero attached hydrogens (tertiary/aromatic N) is 2. The van der Waals surface area contributed by atoms with Gasteiger partial charge in [0.05, 0.1) is 11.9 Å². The van der Waals surface area contributed by atoms with Gasteiger partial charge in [0.2, 0.25) is 0 Å². The fourth-order valence-corrected chi connectivity index (χ4v) is 2.56. The Labute approximate surface area is 84.7 Å². The SMILES string of the molecule is Cc1cnn(C)c1C(C)(O)C1CC1C. The van der Waals surface area contributed by atoms with Gasteiger partial charge in [-0.1, -0.05) is 6.92 Å². The first kappa shape index (κ1) is 9.71. The fraction of sp³-hybridized carbons (Fsp3) is 0.727. The molecule has 78 valence electrons. The Morgan fingerprint density at radius 3 is 2.57 bits per heavy atom. The number of hydrogen-bond acceptors (Lipinski definition) is 2. The molecule has 3 heteroatoms. The maximum absolute atomic E-state index is 10.5. The van der Waals surface area contributed by atoms with E-state index in [1.165, 1.54) is 0 Å². The van der Waals surface area contributed by atoms with Crippen molar-refractivity contribution in [3.63, 3.8) is 0 Å². The number of hydrogen-bond donors (Lipinski definition) is 1. The summed E-state index contributed by atoms with van der Waals surface area (Å²) in [6, 6.07) is 0. The van der Waals surface area contributed by atoms with Gasteiger partial charge in [0.15, 0.2) is 0 Å². The van der Waals surface area contributed by atoms with Crippen LogP contribution in [0.5, 0.6) is 0 Å². The van der Waals surface area contributed by atoms with E-state index in [-0.39, 0.29) is 0 Å². The van der Waals surface area contributed by atoms with E-state index in [0.717, 1.165) is 17.7 Å². The highest BCUT2D eigenvalue weighted by molar-refractivity contribution is 5.25. The van der Waals surface area contributed by atoms with E-state index >= 15 is 0 Å². The van der Waals surface area contributed by atoms with Gasteiger partial charge in [0, 0.05) is 7.05 Å². The van der Waals surface area contributed by atoms with Crippen LogP contribution < -0.4 is 0 Å². The molecule has 1 aliphatic rings. The van der Waals surface area contributed by atoms with Crippen LogP contribution in [0.25, 0.3) is 0 Å². The quantitative estimate of drug-likeness (QED) is 0.776. The molecule has 0 radical (unpaired) electrons. The predicted molar refractivity (Wildman–Crippen MR) is 54.8 cm³/mol. The van der Waals surface area contributed by atoms with Crippen molar-refractivity contribution in [1.29, 1.82) is 0 Å². The van der Waals surface area contributed by atoms with Crippen LogP contribution in [0.3, 0.4) is 0 Å². The number of aliphatic hydroxyl groups is 1. The van der Waals surface area contributed by atoms with E-state index in [1.54, 1.807) is 4.68 Å². The minimum atomic E-state index is -0.714. The molecular weight excluding hydrogens is 176 g/mol. The Hall–Kier alpha value is -0.830. The zero-order valence-electron chi connectivity index (χ0n) is 9.28. The van der Waals surface area contributed by atoms with Crippen molar-refractivity contribution in [2.45, 2.75) is 32.8 Å². The third-order valence-corrected chi connectivity index (χ3v) is 3.43. The van der Waals surface area contributed by atoms with Gasteiger partial charge >= 0.3 is 0 Å². The van der Waals surface area contributed by atoms with Crippen LogP contribution in [0.4, 0.5) is 0 Å². The van der Waals surface area contributed by atoms with Crippen LogP contribution in [-0.2, 0) is 12.6 Å². The Balaban J connectivity index is 2.38. The largest absolute Gasteiger partial charge is 0.384 e. The second kappa shape index (κ2) is 2.83. The molecule has 3 nitrogen and oxygen atoms in total. The van der Waals surface area contributed by atoms with Crippen molar-refractivity contribution in [3.8, 4) is 0 Å². The van der Waals surface area contributed by atoms with Crippen LogP contribution in [0.2, 0.25) is 0 Å². The monoisotopic (exact) mass is 194 g/mol. The van der Waals surface area contributed by atoms with Gasteiger partial charge in [-0.2, -0.15) is 5.10 Å². The van der Waals surface area contributed by atoms with Crippen molar-refractivity contribution >= 4 is 0 Å². The Morgan fingerprint density at radius 2 is 2.21 bits per heavy atom. The topological polar surface area (TPSA) is 38.0 Å². The molecule has 1 aromatic heterocycles. The van der Waals surface area contributed by atoms with Crippen LogP contribution in [0.15, 0.2) is 6.20 Å². The summed E-state index contributed by atoms with van der Waals surface area (Å²) in [6.45, 7) is 6.10. The summed E-state index contributed by atoms with van der Waals surface area (Å²) in [6.07, 6.45) is 2.94. The molecule has 1 aromatic rings. The zero-order chi connectivity index (χ0) is 10.5. The average Bonchev–Trinajstić information content (AvgIpc) is 2.71. The van der Waals surface area contributed by atoms with Crippen LogP contribution in [-0.4, -0.2) is 14.9 Å². The third-order valence-electron chi connectivity index (χ3n) is 3.43. The summed E-state index contributed by atoms with van der Waals surface area (Å²) in [7, 11) is 1.89. The molecule has 0 aliphatic heterocycles. The molecule has 1 aliphatic carbocycles. The van der Waals surface area contributed by atoms with E-state index in [2.05, 4.69) is 12.0 Å². The first-order valence-corrected chi connectivity index (χ1v) is 5.16. The second-order valence-electron chi connectivity index (χ2n) is 4.77. The van der Waals surface area contributed by atoms with E-state index in [0.29, 0.717) is 11.8 Å². The number of rotatable bonds is 2. The Kier molecular flexibility index (Phi) is 1.96. The van der Waals surface area contributed by atoms with Gasteiger partial charge in [-0.15, -0.1) is 0 Å². The second-order valence-corrected chi connectivity index (χ2v) is 4.77. The number of aryl methyl sites for hydroxylation is 2. The summed E-state index contributed by atoms with van der Waals surface area (Å²) in [5, 5.41) is 14.7. The van der Waals surface area contributed by atoms with Gasteiger partial charge in [0.25, 0.3) is 0 Å². The van der Waals surface area contributed by atoms with Gasteiger partial charge in [-0.3, -0.25) is 4.68 Å². The van der Waals surface area contributed by atoms with Crippen LogP contribution in [0, 0.1) is 18.8 Å². The highest BCUT2D eigenvalue weighted by Crippen LogP contribution is 2.50. The van der Waals surface area contributed by atoms with E-state index in [4.69, 9.17) is 0 Å². The minimum absolute atomic E-state index is 0.400. The predicted octanol–water partition coefficient (Wildman–Crippen LogP) is 1.59. The molecule has 0 amide bonds. The van der Waals surface area contributed by atoms with Crippen molar-refractivity contribution < 1.29 is 5.11 Å². The molecule has 14 heavy (non-hydrogen) atoms. The highest BCUT2D eigenvalue weighted by atomic mass is 16.3. The fourth-order valence-electron chi connectivity index (χ4n) is 2.56. The standard InChI is InChI=1S/C11H18N2O/c1-7-5-9(7)11(3,14)10-8(2)6-12-13(10)4/h6-7,9,14H,5H2,1-4H3. The lowest BCUT2D eigenvalue weighted by Crippen LogP contribution is -2.28. The normalized spacial score (nSPS) is 30.1. The van der Waals surface area contributed by atoms with E-state index < -0.39 is 5.60 Å². The summed E-state index contributed by atoms with van der Waals surface area (Å²) in [5.74, 6) is 1.04. The molecule has 3 atom stereocenters. The van der Waals surface area contributed by atoms with Crippen LogP contribution in [0.1, 0.15) is 31.5 Å². The summed E-state index contributed by atoms with van der Waals surface area (Å²) in [4.78, 5) is 0. The van der Waals surface area contributed by atoms with E-state index in [9.17, 15) is 5.11 Å². The highest BCUT2D eigenvalue weighted by Gasteiger charge is 2.49. The Morgan fingerprint density at radius 1 is 1.64 bits per heavy atom. The van der Waals surface area contributed by atoms with Gasteiger partial charge in [-0.05, 0) is 37.7 Å². The van der Waals surface area contributed by atoms with Gasteiger partial charge < -0.3 is 5.11 Å². The summed E-state index contributed by atoms with van der Waals surface area (Å²) in [5.41, 5.74) is 1.33. The minimum Gasteiger partial charge on any atom is -0.384 e. The average molecular weight is 194 g/mol. The molecule has 1 fully saturated rings. The van der Waals surface area contributed by atoms with E-state index in [1.807, 2.05) is 27.1 Å². The molecule has 0 aromatic carbocycles. The smallest absolute Gasteiger partial charge is 0.107 e. The maximum atomic E-state index is 10.5. The lowest BCUT2D eigenvalue weighted by Gasteiger charge is -2.25. The van der Waals surface area contributed by atoms with Gasteiger partial charge in [0.1, 0.15) is 5.60 Å². The molecule has 1 N–H and O–H groups in total. The molecule has 0 saturated heterocycles. The molecule has 0 bridgehead atoms. The van der Waals surface area contributed by atoms with Crippen molar-refractivity contribution in [2.24, 2.45) is 18.9 Å². The number of aromatic nitrogens is 2. The lowest BCUT2D eigenvalue weighted by atomic mass is 9.92. The summed E-state index contributed by atoms with van der Waals surface area (Å²) >= 11 is 0. The molecule has 1 saturated carbocycles. The molecule has 0 spiro atoms. The van der Waals surface area contributed by atoms with Gasteiger partial charge in [-0.25, -0.2) is 0 Å². The zero-order valence-corrected chi connectivity index (χ0v) is 9.28. The van der Waals surface area contributed by atoms with Crippen molar-refractivity contribution in [3.05, 3.63) is 17.5 Å². The molecule has 3 unspecified atom stereocenters. The molecule has 1 heterocycles. The van der Waals surface area contributed by atoms with Crippen molar-refractivity contribution in [1.82, 2.24) is 9.78 Å². The third kappa shape index (κ3) is 1.27. The molecule has 2 rings (SSSR count). The lowest BCUT2D eigenvalue weighted by molar-refractivity contribution is 0.0196. The first-order valence-electron chi connectivity index (χ1n) is 5.16. The van der Waals surface area contributed by atoms with Crippen LogP contribution >= 0.6 is 0 Å². The van der Waals surface area contributed by atoms with Crippen molar-refractivity contribution in [2.75, 3.05) is 0 Å². The first-order chi connectivity index (χ1) is 6.44. The Bertz CT molecular complexity index is 335. The molecular formula is C11H18N2O. The summed E-state index contributed by atoms with van der Waals surface area (Å²) < 4.78 is 1.79. The maximum Gasteiger partial charge on any atom is 0.107 e.